The summed E-state index contributed by atoms with van der Waals surface area (Å²) >= 11 is 1.89. The highest BCUT2D eigenvalue weighted by Gasteiger charge is 2.61. The van der Waals surface area contributed by atoms with Gasteiger partial charge < -0.3 is 0 Å². The summed E-state index contributed by atoms with van der Waals surface area (Å²) in [6, 6.07) is 60.7. The van der Waals surface area contributed by atoms with Gasteiger partial charge in [-0.1, -0.05) is 133 Å². The fourth-order valence-electron chi connectivity index (χ4n) is 13.0. The lowest BCUT2D eigenvalue weighted by atomic mass is 9.43. The molecule has 4 bridgehead atoms. The summed E-state index contributed by atoms with van der Waals surface area (Å²) < 4.78 is 2.70. The van der Waals surface area contributed by atoms with Gasteiger partial charge in [-0.2, -0.15) is 0 Å². The molecule has 5 aliphatic rings. The lowest BCUT2D eigenvalue weighted by Gasteiger charge is -2.61. The number of fused-ring (bicyclic) bond motifs is 8. The molecule has 1 spiro atoms. The maximum absolute atomic E-state index is 5.40. The largest absolute Gasteiger partial charge is 0.208 e. The normalized spacial score (nSPS) is 22.2. The molecule has 0 amide bonds. The van der Waals surface area contributed by atoms with E-state index in [4.69, 9.17) is 15.0 Å². The van der Waals surface area contributed by atoms with Gasteiger partial charge in [-0.05, 0) is 141 Å². The second kappa shape index (κ2) is 12.8. The van der Waals surface area contributed by atoms with E-state index in [2.05, 4.69) is 164 Å². The molecule has 290 valence electrons. The Morgan fingerprint density at radius 2 is 0.934 bits per heavy atom. The first-order valence-corrected chi connectivity index (χ1v) is 22.9. The molecule has 15 rings (SSSR count). The zero-order valence-corrected chi connectivity index (χ0v) is 34.5. The Bertz CT molecular complexity index is 3330. The fraction of sp³-hybridized carbons (Fsp3) is 0.175. The van der Waals surface area contributed by atoms with E-state index >= 15 is 0 Å². The maximum atomic E-state index is 5.40. The Balaban J connectivity index is 0.976. The summed E-state index contributed by atoms with van der Waals surface area (Å²) in [5.41, 5.74) is 11.6. The summed E-state index contributed by atoms with van der Waals surface area (Å²) in [6.07, 6.45) is 6.77. The van der Waals surface area contributed by atoms with Crippen molar-refractivity contribution in [2.75, 3.05) is 0 Å². The highest BCUT2D eigenvalue weighted by atomic mass is 32.1. The molecule has 4 fully saturated rings. The molecule has 0 unspecified atom stereocenters. The van der Waals surface area contributed by atoms with Crippen molar-refractivity contribution >= 4 is 53.1 Å². The minimum Gasteiger partial charge on any atom is -0.208 e. The maximum Gasteiger partial charge on any atom is 0.164 e. The smallest absolute Gasteiger partial charge is 0.164 e. The summed E-state index contributed by atoms with van der Waals surface area (Å²) in [7, 11) is 0. The molecule has 2 aromatic heterocycles. The molecule has 0 saturated heterocycles. The van der Waals surface area contributed by atoms with Crippen molar-refractivity contribution in [3.05, 3.63) is 175 Å². The first-order valence-electron chi connectivity index (χ1n) is 22.1. The molecule has 4 saturated carbocycles. The molecule has 0 aliphatic heterocycles. The van der Waals surface area contributed by atoms with Gasteiger partial charge in [0.25, 0.3) is 0 Å². The molecule has 10 aromatic rings. The number of hydrogen-bond donors (Lipinski definition) is 0. The van der Waals surface area contributed by atoms with Gasteiger partial charge in [0.1, 0.15) is 0 Å². The molecule has 0 N–H and O–H groups in total. The van der Waals surface area contributed by atoms with Crippen LogP contribution in [0.25, 0.3) is 98.1 Å². The van der Waals surface area contributed by atoms with Crippen LogP contribution in [0, 0.1) is 23.7 Å². The average molecular weight is 800 g/mol. The minimum atomic E-state index is 0.00406. The van der Waals surface area contributed by atoms with Crippen molar-refractivity contribution in [2.45, 2.75) is 37.5 Å². The van der Waals surface area contributed by atoms with Crippen LogP contribution in [0.5, 0.6) is 0 Å². The Morgan fingerprint density at radius 3 is 1.64 bits per heavy atom. The predicted molar refractivity (Wildman–Crippen MR) is 253 cm³/mol. The summed E-state index contributed by atoms with van der Waals surface area (Å²) in [5.74, 6) is 5.17. The van der Waals surface area contributed by atoms with E-state index in [9.17, 15) is 0 Å². The Labute approximate surface area is 358 Å². The van der Waals surface area contributed by atoms with Crippen LogP contribution in [0.3, 0.4) is 0 Å². The van der Waals surface area contributed by atoms with Crippen LogP contribution in [-0.2, 0) is 5.41 Å². The minimum absolute atomic E-state index is 0.00406. The quantitative estimate of drug-likeness (QED) is 0.178. The van der Waals surface area contributed by atoms with Crippen molar-refractivity contribution in [3.63, 3.8) is 0 Å². The van der Waals surface area contributed by atoms with Gasteiger partial charge in [0.05, 0.1) is 0 Å². The molecular weight excluding hydrogens is 759 g/mol. The van der Waals surface area contributed by atoms with Gasteiger partial charge in [-0.3, -0.25) is 0 Å². The van der Waals surface area contributed by atoms with E-state index in [1.807, 2.05) is 11.3 Å². The van der Waals surface area contributed by atoms with Crippen LogP contribution in [-0.4, -0.2) is 15.0 Å². The third kappa shape index (κ3) is 4.94. The fourth-order valence-corrected chi connectivity index (χ4v) is 14.1. The molecule has 61 heavy (non-hydrogen) atoms. The number of hydrogen-bond acceptors (Lipinski definition) is 4. The second-order valence-electron chi connectivity index (χ2n) is 18.4. The van der Waals surface area contributed by atoms with Crippen LogP contribution in [0.2, 0.25) is 0 Å². The van der Waals surface area contributed by atoms with Crippen molar-refractivity contribution < 1.29 is 0 Å². The van der Waals surface area contributed by atoms with E-state index in [0.717, 1.165) is 45.1 Å². The summed E-state index contributed by atoms with van der Waals surface area (Å²) in [5, 5.41) is 7.34. The standard InChI is InChI=1S/C57H41N3S/c1-3-13-42-35(9-1)11-7-16-46(42)55-58-54(59-56(60-55)47-17-8-12-36-10-2-4-14-43(36)47)39-19-22-44-48-30-37(38-21-24-53-49(31-38)45-15-5-6-18-52(45)61-53)20-23-50(48)57(51(44)32-39)40-26-33-25-34(28-40)29-41(57)27-33/h1-24,30-34,40-41H,25-29H2. The first-order chi connectivity index (χ1) is 30.2. The van der Waals surface area contributed by atoms with Gasteiger partial charge in [-0.25, -0.2) is 15.0 Å². The zero-order chi connectivity index (χ0) is 39.8. The highest BCUT2D eigenvalue weighted by Crippen LogP contribution is 2.69. The summed E-state index contributed by atoms with van der Waals surface area (Å²) in [6.45, 7) is 0. The van der Waals surface area contributed by atoms with Crippen LogP contribution >= 0.6 is 11.3 Å². The van der Waals surface area contributed by atoms with Crippen molar-refractivity contribution in [3.8, 4) is 56.4 Å². The third-order valence-electron chi connectivity index (χ3n) is 15.3. The molecule has 4 heteroatoms. The van der Waals surface area contributed by atoms with E-state index in [0.29, 0.717) is 23.5 Å². The zero-order valence-electron chi connectivity index (χ0n) is 33.7. The van der Waals surface area contributed by atoms with Crippen LogP contribution in [0.4, 0.5) is 0 Å². The van der Waals surface area contributed by atoms with E-state index in [-0.39, 0.29) is 5.41 Å². The van der Waals surface area contributed by atoms with E-state index < -0.39 is 0 Å². The van der Waals surface area contributed by atoms with Gasteiger partial charge in [-0.15, -0.1) is 11.3 Å². The number of rotatable bonds is 4. The van der Waals surface area contributed by atoms with Crippen LogP contribution in [0.1, 0.15) is 43.2 Å². The van der Waals surface area contributed by atoms with Gasteiger partial charge in [0.15, 0.2) is 17.5 Å². The number of benzene rings is 8. The Morgan fingerprint density at radius 1 is 0.377 bits per heavy atom. The molecule has 0 radical (unpaired) electrons. The lowest BCUT2D eigenvalue weighted by Crippen LogP contribution is -2.55. The average Bonchev–Trinajstić information content (AvgIpc) is 3.82. The van der Waals surface area contributed by atoms with E-state index in [1.165, 1.54) is 90.9 Å². The van der Waals surface area contributed by atoms with Gasteiger partial charge in [0, 0.05) is 42.3 Å². The van der Waals surface area contributed by atoms with Crippen molar-refractivity contribution in [2.24, 2.45) is 23.7 Å². The molecule has 8 aromatic carbocycles. The molecule has 5 aliphatic carbocycles. The monoisotopic (exact) mass is 799 g/mol. The second-order valence-corrected chi connectivity index (χ2v) is 19.4. The molecule has 2 heterocycles. The number of aromatic nitrogens is 3. The SMILES string of the molecule is c1ccc2c(-c3nc(-c4ccc5c(c4)C4(c6ccc(-c7ccc8sc9ccccc9c8c7)cc6-5)C5CC6CC(C5)CC4C6)nc(-c4cccc5ccccc45)n3)cccc2c1. The summed E-state index contributed by atoms with van der Waals surface area (Å²) in [4.78, 5) is 16.1. The Kier molecular flexibility index (Phi) is 7.17. The van der Waals surface area contributed by atoms with Crippen LogP contribution in [0.15, 0.2) is 164 Å². The number of thiophene rings is 1. The van der Waals surface area contributed by atoms with Crippen molar-refractivity contribution in [1.82, 2.24) is 15.0 Å². The van der Waals surface area contributed by atoms with Gasteiger partial charge >= 0.3 is 0 Å². The first kappa shape index (κ1) is 34.2. The van der Waals surface area contributed by atoms with Gasteiger partial charge in [0.2, 0.25) is 0 Å². The van der Waals surface area contributed by atoms with Crippen molar-refractivity contribution in [1.29, 1.82) is 0 Å². The highest BCUT2D eigenvalue weighted by molar-refractivity contribution is 7.25. The van der Waals surface area contributed by atoms with Crippen LogP contribution < -0.4 is 0 Å². The Hall–Kier alpha value is -6.49. The molecule has 3 nitrogen and oxygen atoms in total. The predicted octanol–water partition coefficient (Wildman–Crippen LogP) is 14.9. The molecular formula is C57H41N3S. The number of nitrogens with zero attached hydrogens (tertiary/aromatic N) is 3. The molecule has 0 atom stereocenters. The third-order valence-corrected chi connectivity index (χ3v) is 16.5. The topological polar surface area (TPSA) is 38.7 Å². The lowest BCUT2D eigenvalue weighted by molar-refractivity contribution is -0.0399. The van der Waals surface area contributed by atoms with E-state index in [1.54, 1.807) is 5.56 Å².